The van der Waals surface area contributed by atoms with Crippen LogP contribution in [0.3, 0.4) is 0 Å². The van der Waals surface area contributed by atoms with Crippen molar-refractivity contribution in [3.63, 3.8) is 0 Å². The summed E-state index contributed by atoms with van der Waals surface area (Å²) in [7, 11) is 0. The molecule has 0 atom stereocenters. The molecule has 1 heterocycles. The van der Waals surface area contributed by atoms with Gasteiger partial charge in [-0.05, 0) is 40.1 Å². The van der Waals surface area contributed by atoms with Crippen LogP contribution in [0.25, 0.3) is 10.1 Å². The first-order valence-electron chi connectivity index (χ1n) is 3.21. The van der Waals surface area contributed by atoms with Crippen LogP contribution in [-0.4, -0.2) is 0 Å². The van der Waals surface area contributed by atoms with E-state index in [2.05, 4.69) is 0 Å². The van der Waals surface area contributed by atoms with E-state index in [1.807, 2.05) is 22.6 Å². The largest absolute Gasteiger partial charge is 0.204 e. The maximum atomic E-state index is 13.0. The summed E-state index contributed by atoms with van der Waals surface area (Å²) >= 11 is 3.22. The van der Waals surface area contributed by atoms with Crippen LogP contribution in [0.15, 0.2) is 17.5 Å². The van der Waals surface area contributed by atoms with Crippen molar-refractivity contribution in [2.75, 3.05) is 0 Å². The Hall–Kier alpha value is -0.230. The summed E-state index contributed by atoms with van der Waals surface area (Å²) in [6.07, 6.45) is 0. The van der Waals surface area contributed by atoms with Crippen LogP contribution < -0.4 is 0 Å². The van der Waals surface area contributed by atoms with Gasteiger partial charge in [0, 0.05) is 8.96 Å². The van der Waals surface area contributed by atoms with Crippen molar-refractivity contribution in [2.45, 2.75) is 0 Å². The first-order valence-corrected chi connectivity index (χ1v) is 5.16. The fraction of sp³-hybridized carbons (Fsp3) is 0. The first-order chi connectivity index (χ1) is 5.70. The Labute approximate surface area is 85.3 Å². The number of hydrogen-bond donors (Lipinski definition) is 0. The quantitative estimate of drug-likeness (QED) is 0.512. The zero-order valence-electron chi connectivity index (χ0n) is 5.77. The molecule has 1 aromatic heterocycles. The van der Waals surface area contributed by atoms with Crippen molar-refractivity contribution in [3.05, 3.63) is 32.7 Å². The highest BCUT2D eigenvalue weighted by Gasteiger charge is 2.10. The summed E-state index contributed by atoms with van der Waals surface area (Å²) in [4.78, 5) is 0. The standard InChI is InChI=1S/C8H3F2IS/c9-5-3-6(11)4-1-2-12-8(4)7(5)10/h1-3H. The lowest BCUT2D eigenvalue weighted by molar-refractivity contribution is 0.517. The average Bonchev–Trinajstić information content (AvgIpc) is 2.48. The molecule has 0 amide bonds. The summed E-state index contributed by atoms with van der Waals surface area (Å²) in [6.45, 7) is 0. The van der Waals surface area contributed by atoms with Crippen LogP contribution >= 0.6 is 33.9 Å². The maximum absolute atomic E-state index is 13.0. The highest BCUT2D eigenvalue weighted by atomic mass is 127. The van der Waals surface area contributed by atoms with Gasteiger partial charge in [0.15, 0.2) is 11.6 Å². The smallest absolute Gasteiger partial charge is 0.176 e. The molecule has 0 spiro atoms. The molecule has 12 heavy (non-hydrogen) atoms. The van der Waals surface area contributed by atoms with Gasteiger partial charge in [-0.15, -0.1) is 11.3 Å². The minimum Gasteiger partial charge on any atom is -0.204 e. The Morgan fingerprint density at radius 2 is 2.08 bits per heavy atom. The zero-order chi connectivity index (χ0) is 8.72. The van der Waals surface area contributed by atoms with Crippen molar-refractivity contribution >= 4 is 44.0 Å². The van der Waals surface area contributed by atoms with Gasteiger partial charge in [-0.1, -0.05) is 0 Å². The molecule has 0 radical (unpaired) electrons. The molecule has 0 N–H and O–H groups in total. The lowest BCUT2D eigenvalue weighted by Crippen LogP contribution is -1.85. The average molecular weight is 296 g/mol. The van der Waals surface area contributed by atoms with Gasteiger partial charge in [0.25, 0.3) is 0 Å². The van der Waals surface area contributed by atoms with E-state index < -0.39 is 11.6 Å². The Bertz CT molecular complexity index is 436. The number of benzene rings is 1. The lowest BCUT2D eigenvalue weighted by Gasteiger charge is -1.96. The topological polar surface area (TPSA) is 0 Å². The Balaban J connectivity index is 2.97. The van der Waals surface area contributed by atoms with E-state index in [9.17, 15) is 8.78 Å². The Morgan fingerprint density at radius 3 is 2.83 bits per heavy atom. The first kappa shape index (κ1) is 8.37. The molecular formula is C8H3F2IS. The fourth-order valence-electron chi connectivity index (χ4n) is 1.03. The molecule has 0 saturated heterocycles. The molecule has 0 aliphatic heterocycles. The zero-order valence-corrected chi connectivity index (χ0v) is 8.75. The molecule has 1 aromatic carbocycles. The van der Waals surface area contributed by atoms with Crippen LogP contribution in [0.4, 0.5) is 8.78 Å². The predicted octanol–water partition coefficient (Wildman–Crippen LogP) is 3.78. The number of rotatable bonds is 0. The molecule has 4 heteroatoms. The second kappa shape index (κ2) is 2.92. The summed E-state index contributed by atoms with van der Waals surface area (Å²) in [5.41, 5.74) is 0. The third kappa shape index (κ3) is 1.13. The number of halogens is 3. The molecule has 0 aliphatic rings. The Morgan fingerprint density at radius 1 is 1.33 bits per heavy atom. The predicted molar refractivity (Wildman–Crippen MR) is 54.5 cm³/mol. The van der Waals surface area contributed by atoms with Crippen molar-refractivity contribution in [2.24, 2.45) is 0 Å². The van der Waals surface area contributed by atoms with Crippen LogP contribution in [0, 0.1) is 15.2 Å². The van der Waals surface area contributed by atoms with E-state index in [0.717, 1.165) is 8.96 Å². The van der Waals surface area contributed by atoms with Gasteiger partial charge in [-0.2, -0.15) is 0 Å². The third-order valence-electron chi connectivity index (χ3n) is 1.59. The molecule has 0 bridgehead atoms. The van der Waals surface area contributed by atoms with E-state index in [1.165, 1.54) is 17.4 Å². The van der Waals surface area contributed by atoms with Gasteiger partial charge in [0.2, 0.25) is 0 Å². The maximum Gasteiger partial charge on any atom is 0.176 e. The molecule has 2 rings (SSSR count). The lowest BCUT2D eigenvalue weighted by atomic mass is 10.2. The highest BCUT2D eigenvalue weighted by Crippen LogP contribution is 2.29. The Kier molecular flexibility index (Phi) is 2.04. The van der Waals surface area contributed by atoms with Crippen molar-refractivity contribution in [1.82, 2.24) is 0 Å². The molecule has 0 unspecified atom stereocenters. The number of thiophene rings is 1. The van der Waals surface area contributed by atoms with E-state index in [1.54, 1.807) is 11.4 Å². The van der Waals surface area contributed by atoms with Gasteiger partial charge in [0.05, 0.1) is 4.70 Å². The minimum atomic E-state index is -0.769. The van der Waals surface area contributed by atoms with Gasteiger partial charge in [-0.25, -0.2) is 8.78 Å². The molecule has 2 aromatic rings. The molecule has 0 aliphatic carbocycles. The molecular weight excluding hydrogens is 293 g/mol. The molecule has 62 valence electrons. The van der Waals surface area contributed by atoms with E-state index in [-0.39, 0.29) is 0 Å². The minimum absolute atomic E-state index is 0.402. The second-order valence-corrected chi connectivity index (χ2v) is 4.40. The van der Waals surface area contributed by atoms with E-state index in [4.69, 9.17) is 0 Å². The van der Waals surface area contributed by atoms with Crippen molar-refractivity contribution in [3.8, 4) is 0 Å². The highest BCUT2D eigenvalue weighted by molar-refractivity contribution is 14.1. The van der Waals surface area contributed by atoms with Gasteiger partial charge in [0.1, 0.15) is 0 Å². The van der Waals surface area contributed by atoms with Gasteiger partial charge in [-0.3, -0.25) is 0 Å². The summed E-state index contributed by atoms with van der Waals surface area (Å²) in [5, 5.41) is 2.55. The monoisotopic (exact) mass is 296 g/mol. The number of fused-ring (bicyclic) bond motifs is 1. The third-order valence-corrected chi connectivity index (χ3v) is 3.38. The van der Waals surface area contributed by atoms with Crippen LogP contribution in [-0.2, 0) is 0 Å². The van der Waals surface area contributed by atoms with Crippen LogP contribution in [0.1, 0.15) is 0 Å². The van der Waals surface area contributed by atoms with Crippen molar-refractivity contribution in [1.29, 1.82) is 0 Å². The van der Waals surface area contributed by atoms with Crippen LogP contribution in [0.5, 0.6) is 0 Å². The second-order valence-electron chi connectivity index (χ2n) is 2.32. The SMILES string of the molecule is Fc1cc(I)c2ccsc2c1F. The van der Waals surface area contributed by atoms with Crippen molar-refractivity contribution < 1.29 is 8.78 Å². The molecule has 0 nitrogen and oxygen atoms in total. The summed E-state index contributed by atoms with van der Waals surface area (Å²) in [6, 6.07) is 3.01. The number of hydrogen-bond acceptors (Lipinski definition) is 1. The summed E-state index contributed by atoms with van der Waals surface area (Å²) in [5.74, 6) is -1.50. The van der Waals surface area contributed by atoms with Crippen LogP contribution in [0.2, 0.25) is 0 Å². The van der Waals surface area contributed by atoms with Gasteiger partial charge < -0.3 is 0 Å². The van der Waals surface area contributed by atoms with Gasteiger partial charge >= 0.3 is 0 Å². The molecule has 0 fully saturated rings. The van der Waals surface area contributed by atoms with E-state index >= 15 is 0 Å². The molecule has 0 saturated carbocycles. The van der Waals surface area contributed by atoms with E-state index in [0.29, 0.717) is 4.70 Å². The fourth-order valence-corrected chi connectivity index (χ4v) is 2.78. The normalized spacial score (nSPS) is 10.9. The summed E-state index contributed by atoms with van der Waals surface area (Å²) < 4.78 is 27.0.